The summed E-state index contributed by atoms with van der Waals surface area (Å²) in [6, 6.07) is 9.69. The number of aromatic nitrogens is 3. The molecule has 36 heavy (non-hydrogen) atoms. The van der Waals surface area contributed by atoms with Gasteiger partial charge >= 0.3 is 0 Å². The van der Waals surface area contributed by atoms with Crippen LogP contribution in [0.15, 0.2) is 42.7 Å². The Morgan fingerprint density at radius 3 is 2.83 bits per heavy atom. The van der Waals surface area contributed by atoms with Crippen LogP contribution in [-0.2, 0) is 10.2 Å². The Balaban J connectivity index is 1.32. The van der Waals surface area contributed by atoms with Crippen LogP contribution in [0.4, 0.5) is 17.5 Å². The Hall–Kier alpha value is -3.56. The van der Waals surface area contributed by atoms with Crippen LogP contribution in [0, 0.1) is 6.92 Å². The highest BCUT2D eigenvalue weighted by molar-refractivity contribution is 5.95. The van der Waals surface area contributed by atoms with Crippen LogP contribution in [0.1, 0.15) is 47.7 Å². The van der Waals surface area contributed by atoms with E-state index in [1.807, 2.05) is 31.2 Å². The van der Waals surface area contributed by atoms with Gasteiger partial charge in [-0.2, -0.15) is 0 Å². The number of nitrogens with zero attached hydrogens (tertiary/aromatic N) is 3. The minimum atomic E-state index is -0.170. The van der Waals surface area contributed by atoms with Crippen molar-refractivity contribution < 1.29 is 14.6 Å². The molecule has 2 aromatic heterocycles. The molecule has 3 aromatic rings. The molecule has 2 aliphatic rings. The standard InChI is InChI=1S/C27H32N6O3/c1-17-13-18(25(35)31-20-6-11-36-12-7-20)3-4-22(17)32-26-28-9-5-23(33-26)19-14-21-24(29-15-19)30-16-27(21,2)8-10-34/h3-5,9,13-15,20,34H,6-8,10-12,16H2,1-2H3,(H,29,30)(H,31,35)(H,28,32,33). The van der Waals surface area contributed by atoms with Gasteiger partial charge in [0.15, 0.2) is 0 Å². The van der Waals surface area contributed by atoms with E-state index in [9.17, 15) is 9.90 Å². The maximum absolute atomic E-state index is 12.7. The predicted octanol–water partition coefficient (Wildman–Crippen LogP) is 3.57. The summed E-state index contributed by atoms with van der Waals surface area (Å²) in [5.74, 6) is 1.26. The van der Waals surface area contributed by atoms with Gasteiger partial charge in [-0.1, -0.05) is 6.92 Å². The normalized spacial score (nSPS) is 19.4. The second-order valence-corrected chi connectivity index (χ2v) is 9.79. The molecule has 0 aliphatic carbocycles. The number of ether oxygens (including phenoxy) is 1. The molecule has 0 bridgehead atoms. The number of hydrogen-bond acceptors (Lipinski definition) is 8. The lowest BCUT2D eigenvalue weighted by Crippen LogP contribution is -2.38. The molecule has 1 atom stereocenters. The van der Waals surface area contributed by atoms with E-state index in [-0.39, 0.29) is 24.0 Å². The summed E-state index contributed by atoms with van der Waals surface area (Å²) in [6.07, 6.45) is 5.87. The van der Waals surface area contributed by atoms with Crippen LogP contribution in [0.25, 0.3) is 11.3 Å². The third-order valence-electron chi connectivity index (χ3n) is 7.09. The number of carbonyl (C=O) groups excluding carboxylic acids is 1. The molecule has 1 aromatic carbocycles. The van der Waals surface area contributed by atoms with Crippen molar-refractivity contribution in [2.24, 2.45) is 0 Å². The van der Waals surface area contributed by atoms with Gasteiger partial charge in [0.1, 0.15) is 5.82 Å². The number of fused-ring (bicyclic) bond motifs is 1. The number of amides is 1. The highest BCUT2D eigenvalue weighted by Gasteiger charge is 2.35. The lowest BCUT2D eigenvalue weighted by Gasteiger charge is -2.23. The Bertz CT molecular complexity index is 1260. The minimum Gasteiger partial charge on any atom is -0.396 e. The molecule has 4 N–H and O–H groups in total. The number of anilines is 3. The molecule has 4 heterocycles. The average Bonchev–Trinajstić information content (AvgIpc) is 3.22. The molecule has 9 nitrogen and oxygen atoms in total. The summed E-state index contributed by atoms with van der Waals surface area (Å²) in [4.78, 5) is 26.4. The SMILES string of the molecule is Cc1cc(C(=O)NC2CCOCC2)ccc1Nc1nccc(-c2cnc3c(c2)C(C)(CCO)CN3)n1. The summed E-state index contributed by atoms with van der Waals surface area (Å²) >= 11 is 0. The topological polar surface area (TPSA) is 121 Å². The van der Waals surface area contributed by atoms with Crippen molar-refractivity contribution in [1.29, 1.82) is 0 Å². The first-order chi connectivity index (χ1) is 17.4. The molecule has 1 saturated heterocycles. The summed E-state index contributed by atoms with van der Waals surface area (Å²) in [5.41, 5.74) is 4.96. The molecule has 1 amide bonds. The summed E-state index contributed by atoms with van der Waals surface area (Å²) < 4.78 is 5.37. The number of hydrogen-bond donors (Lipinski definition) is 4. The second kappa shape index (κ2) is 10.2. The maximum Gasteiger partial charge on any atom is 0.251 e. The van der Waals surface area contributed by atoms with Gasteiger partial charge in [0, 0.05) is 72.6 Å². The number of nitrogens with one attached hydrogen (secondary N) is 3. The van der Waals surface area contributed by atoms with E-state index in [2.05, 4.69) is 38.9 Å². The number of carbonyl (C=O) groups is 1. The zero-order valence-electron chi connectivity index (χ0n) is 20.7. The quantitative estimate of drug-likeness (QED) is 0.398. The smallest absolute Gasteiger partial charge is 0.251 e. The van der Waals surface area contributed by atoms with E-state index >= 15 is 0 Å². The van der Waals surface area contributed by atoms with Crippen molar-refractivity contribution in [2.45, 2.75) is 44.6 Å². The fraction of sp³-hybridized carbons (Fsp3) is 0.407. The monoisotopic (exact) mass is 488 g/mol. The first-order valence-corrected chi connectivity index (χ1v) is 12.4. The fourth-order valence-corrected chi connectivity index (χ4v) is 4.81. The van der Waals surface area contributed by atoms with Gasteiger partial charge in [-0.15, -0.1) is 0 Å². The molecule has 2 aliphatic heterocycles. The Morgan fingerprint density at radius 2 is 2.06 bits per heavy atom. The van der Waals surface area contributed by atoms with Gasteiger partial charge in [0.05, 0.1) is 5.69 Å². The van der Waals surface area contributed by atoms with Gasteiger partial charge in [-0.05, 0) is 62.1 Å². The number of rotatable bonds is 7. The molecule has 0 saturated carbocycles. The fourth-order valence-electron chi connectivity index (χ4n) is 4.81. The van der Waals surface area contributed by atoms with E-state index in [0.29, 0.717) is 31.1 Å². The molecular formula is C27H32N6O3. The molecule has 9 heteroatoms. The Labute approximate surface area is 210 Å². The zero-order chi connectivity index (χ0) is 25.1. The van der Waals surface area contributed by atoms with E-state index in [4.69, 9.17) is 9.72 Å². The van der Waals surface area contributed by atoms with Crippen molar-refractivity contribution in [1.82, 2.24) is 20.3 Å². The number of pyridine rings is 1. The number of aryl methyl sites for hydroxylation is 1. The Morgan fingerprint density at radius 1 is 1.22 bits per heavy atom. The Kier molecular flexibility index (Phi) is 6.84. The largest absolute Gasteiger partial charge is 0.396 e. The molecular weight excluding hydrogens is 456 g/mol. The van der Waals surface area contributed by atoms with Crippen LogP contribution in [0.5, 0.6) is 0 Å². The molecule has 188 valence electrons. The molecule has 0 spiro atoms. The molecule has 1 unspecified atom stereocenters. The molecule has 5 rings (SSSR count). The van der Waals surface area contributed by atoms with Gasteiger partial charge in [0.2, 0.25) is 5.95 Å². The van der Waals surface area contributed by atoms with E-state index in [1.54, 1.807) is 12.4 Å². The van der Waals surface area contributed by atoms with Gasteiger partial charge < -0.3 is 25.8 Å². The second-order valence-electron chi connectivity index (χ2n) is 9.79. The third-order valence-corrected chi connectivity index (χ3v) is 7.09. The van der Waals surface area contributed by atoms with Crippen LogP contribution in [-0.4, -0.2) is 58.4 Å². The number of benzene rings is 1. The highest BCUT2D eigenvalue weighted by atomic mass is 16.5. The van der Waals surface area contributed by atoms with Crippen LogP contribution >= 0.6 is 0 Å². The first kappa shape index (κ1) is 24.1. The van der Waals surface area contributed by atoms with Gasteiger partial charge in [0.25, 0.3) is 5.91 Å². The predicted molar refractivity (Wildman–Crippen MR) is 139 cm³/mol. The first-order valence-electron chi connectivity index (χ1n) is 12.4. The highest BCUT2D eigenvalue weighted by Crippen LogP contribution is 2.39. The van der Waals surface area contributed by atoms with Crippen LogP contribution in [0.3, 0.4) is 0 Å². The van der Waals surface area contributed by atoms with Crippen LogP contribution in [0.2, 0.25) is 0 Å². The maximum atomic E-state index is 12.7. The molecule has 0 radical (unpaired) electrons. The van der Waals surface area contributed by atoms with Crippen molar-refractivity contribution >= 4 is 23.4 Å². The molecule has 1 fully saturated rings. The lowest BCUT2D eigenvalue weighted by atomic mass is 9.82. The number of aliphatic hydroxyl groups is 1. The third kappa shape index (κ3) is 5.03. The summed E-state index contributed by atoms with van der Waals surface area (Å²) in [6.45, 7) is 6.34. The zero-order valence-corrected chi connectivity index (χ0v) is 20.7. The summed E-state index contributed by atoms with van der Waals surface area (Å²) in [7, 11) is 0. The van der Waals surface area contributed by atoms with E-state index < -0.39 is 0 Å². The summed E-state index contributed by atoms with van der Waals surface area (Å²) in [5, 5.41) is 19.2. The van der Waals surface area contributed by atoms with E-state index in [1.165, 1.54) is 0 Å². The van der Waals surface area contributed by atoms with Crippen molar-refractivity contribution in [3.8, 4) is 11.3 Å². The van der Waals surface area contributed by atoms with Crippen LogP contribution < -0.4 is 16.0 Å². The number of aliphatic hydroxyl groups excluding tert-OH is 1. The van der Waals surface area contributed by atoms with Gasteiger partial charge in [-0.3, -0.25) is 4.79 Å². The van der Waals surface area contributed by atoms with Crippen molar-refractivity contribution in [3.63, 3.8) is 0 Å². The minimum absolute atomic E-state index is 0.0680. The average molecular weight is 489 g/mol. The van der Waals surface area contributed by atoms with E-state index in [0.717, 1.165) is 53.3 Å². The van der Waals surface area contributed by atoms with Crippen molar-refractivity contribution in [3.05, 3.63) is 59.4 Å². The van der Waals surface area contributed by atoms with Crippen molar-refractivity contribution in [2.75, 3.05) is 37.0 Å². The van der Waals surface area contributed by atoms with Gasteiger partial charge in [-0.25, -0.2) is 15.0 Å². The lowest BCUT2D eigenvalue weighted by molar-refractivity contribution is 0.0696.